The van der Waals surface area contributed by atoms with Crippen molar-refractivity contribution in [2.24, 2.45) is 0 Å². The molecule has 0 aliphatic rings. The van der Waals surface area contributed by atoms with Crippen LogP contribution >= 0.6 is 77.4 Å². The third-order valence-corrected chi connectivity index (χ3v) is 5.55. The highest BCUT2D eigenvalue weighted by Gasteiger charge is 2.14. The molecule has 2 rings (SSSR count). The fraction of sp³-hybridized carbons (Fsp3) is 0. The molecular formula is C11H5Br2ClINOS. The molecule has 2 nitrogen and oxygen atoms in total. The Labute approximate surface area is 144 Å². The van der Waals surface area contributed by atoms with E-state index in [-0.39, 0.29) is 5.91 Å². The van der Waals surface area contributed by atoms with Gasteiger partial charge < -0.3 is 5.32 Å². The van der Waals surface area contributed by atoms with Gasteiger partial charge in [-0.05, 0) is 78.7 Å². The zero-order valence-electron chi connectivity index (χ0n) is 8.64. The topological polar surface area (TPSA) is 29.1 Å². The van der Waals surface area contributed by atoms with Crippen LogP contribution in [-0.4, -0.2) is 5.91 Å². The van der Waals surface area contributed by atoms with E-state index in [9.17, 15) is 4.79 Å². The lowest BCUT2D eigenvalue weighted by molar-refractivity contribution is 0.102. The normalized spacial score (nSPS) is 10.4. The second-order valence-electron chi connectivity index (χ2n) is 3.32. The Bertz CT molecular complexity index is 617. The van der Waals surface area contributed by atoms with Gasteiger partial charge in [0.15, 0.2) is 0 Å². The monoisotopic (exact) mass is 519 g/mol. The van der Waals surface area contributed by atoms with Gasteiger partial charge in [-0.1, -0.05) is 11.6 Å². The first-order valence-electron chi connectivity index (χ1n) is 4.68. The molecule has 0 bridgehead atoms. The summed E-state index contributed by atoms with van der Waals surface area (Å²) in [5.74, 6) is -0.149. The highest BCUT2D eigenvalue weighted by Crippen LogP contribution is 2.32. The van der Waals surface area contributed by atoms with Gasteiger partial charge in [0, 0.05) is 8.59 Å². The predicted molar refractivity (Wildman–Crippen MR) is 91.8 cm³/mol. The van der Waals surface area contributed by atoms with Crippen molar-refractivity contribution >= 4 is 89.0 Å². The summed E-state index contributed by atoms with van der Waals surface area (Å²) in [6, 6.07) is 7.12. The van der Waals surface area contributed by atoms with E-state index in [0.717, 1.165) is 16.8 Å². The standard InChI is InChI=1S/C11H5Br2ClINOS/c12-9-4-6(10(13)18-9)11(17)16-8-2-1-5(14)3-7(8)15/h1-4H,(H,16,17). The maximum Gasteiger partial charge on any atom is 0.257 e. The number of hydrogen-bond donors (Lipinski definition) is 1. The average molecular weight is 521 g/mol. The van der Waals surface area contributed by atoms with Crippen LogP contribution in [-0.2, 0) is 0 Å². The molecule has 1 N–H and O–H groups in total. The van der Waals surface area contributed by atoms with Gasteiger partial charge in [-0.3, -0.25) is 4.79 Å². The molecule has 18 heavy (non-hydrogen) atoms. The Kier molecular flexibility index (Phi) is 5.10. The third kappa shape index (κ3) is 3.47. The van der Waals surface area contributed by atoms with E-state index in [1.165, 1.54) is 11.3 Å². The van der Waals surface area contributed by atoms with E-state index in [1.54, 1.807) is 24.3 Å². The van der Waals surface area contributed by atoms with Crippen LogP contribution < -0.4 is 5.32 Å². The minimum absolute atomic E-state index is 0.149. The maximum atomic E-state index is 12.1. The second kappa shape index (κ2) is 6.21. The fourth-order valence-corrected chi connectivity index (χ4v) is 5.08. The van der Waals surface area contributed by atoms with Crippen molar-refractivity contribution < 1.29 is 4.79 Å². The van der Waals surface area contributed by atoms with E-state index in [2.05, 4.69) is 59.8 Å². The van der Waals surface area contributed by atoms with Crippen molar-refractivity contribution in [2.45, 2.75) is 0 Å². The zero-order valence-corrected chi connectivity index (χ0v) is 15.5. The Balaban J connectivity index is 2.24. The number of anilines is 1. The number of hydrogen-bond acceptors (Lipinski definition) is 2. The van der Waals surface area contributed by atoms with Gasteiger partial charge in [0.05, 0.1) is 18.8 Å². The summed E-state index contributed by atoms with van der Waals surface area (Å²) in [6.45, 7) is 0. The first kappa shape index (κ1) is 14.8. The lowest BCUT2D eigenvalue weighted by atomic mass is 10.3. The second-order valence-corrected chi connectivity index (χ2v) is 8.66. The van der Waals surface area contributed by atoms with Crippen LogP contribution in [0.4, 0.5) is 5.69 Å². The van der Waals surface area contributed by atoms with Crippen LogP contribution in [0.1, 0.15) is 10.4 Å². The quantitative estimate of drug-likeness (QED) is 0.499. The molecule has 2 aromatic rings. The molecule has 0 saturated heterocycles. The summed E-state index contributed by atoms with van der Waals surface area (Å²) in [5, 5.41) is 3.51. The van der Waals surface area contributed by atoms with Gasteiger partial charge in [-0.2, -0.15) is 0 Å². The van der Waals surface area contributed by atoms with E-state index in [4.69, 9.17) is 11.6 Å². The van der Waals surface area contributed by atoms with Crippen LogP contribution in [0.2, 0.25) is 5.02 Å². The number of benzene rings is 1. The van der Waals surface area contributed by atoms with Crippen LogP contribution in [0.3, 0.4) is 0 Å². The number of thiophene rings is 1. The summed E-state index contributed by atoms with van der Waals surface area (Å²) < 4.78 is 2.61. The molecule has 94 valence electrons. The van der Waals surface area contributed by atoms with Crippen molar-refractivity contribution in [3.63, 3.8) is 0 Å². The highest BCUT2D eigenvalue weighted by atomic mass is 127. The summed E-state index contributed by atoms with van der Waals surface area (Å²) in [6.07, 6.45) is 0. The van der Waals surface area contributed by atoms with Crippen molar-refractivity contribution in [1.29, 1.82) is 0 Å². The van der Waals surface area contributed by atoms with E-state index in [1.807, 2.05) is 0 Å². The fourth-order valence-electron chi connectivity index (χ4n) is 1.28. The summed E-state index contributed by atoms with van der Waals surface area (Å²) >= 11 is 16.2. The van der Waals surface area contributed by atoms with Gasteiger partial charge in [-0.15, -0.1) is 11.3 Å². The average Bonchev–Trinajstić information content (AvgIpc) is 2.62. The van der Waals surface area contributed by atoms with Crippen LogP contribution in [0.25, 0.3) is 0 Å². The van der Waals surface area contributed by atoms with Crippen LogP contribution in [0, 0.1) is 3.57 Å². The molecule has 0 fully saturated rings. The number of amides is 1. The molecule has 7 heteroatoms. The number of halogens is 4. The number of rotatable bonds is 2. The maximum absolute atomic E-state index is 12.1. The molecule has 0 aliphatic heterocycles. The van der Waals surface area contributed by atoms with E-state index in [0.29, 0.717) is 10.6 Å². The first-order valence-corrected chi connectivity index (χ1v) is 8.54. The Morgan fingerprint density at radius 3 is 2.61 bits per heavy atom. The van der Waals surface area contributed by atoms with Crippen molar-refractivity contribution in [3.05, 3.63) is 46.0 Å². The van der Waals surface area contributed by atoms with Gasteiger partial charge >= 0.3 is 0 Å². The molecule has 1 aromatic heterocycles. The Hall–Kier alpha value is 0.370. The lowest BCUT2D eigenvalue weighted by Gasteiger charge is -2.07. The molecule has 1 aromatic carbocycles. The number of nitrogens with one attached hydrogen (secondary N) is 1. The minimum atomic E-state index is -0.149. The Morgan fingerprint density at radius 1 is 1.33 bits per heavy atom. The molecule has 0 radical (unpaired) electrons. The molecule has 0 spiro atoms. The SMILES string of the molecule is O=C(Nc1ccc(Cl)cc1I)c1cc(Br)sc1Br. The molecule has 0 unspecified atom stereocenters. The largest absolute Gasteiger partial charge is 0.321 e. The van der Waals surface area contributed by atoms with Gasteiger partial charge in [0.2, 0.25) is 0 Å². The summed E-state index contributed by atoms with van der Waals surface area (Å²) in [5.41, 5.74) is 1.36. The van der Waals surface area contributed by atoms with E-state index < -0.39 is 0 Å². The molecule has 1 amide bonds. The number of carbonyl (C=O) groups excluding carboxylic acids is 1. The Morgan fingerprint density at radius 2 is 2.06 bits per heavy atom. The van der Waals surface area contributed by atoms with Crippen molar-refractivity contribution in [1.82, 2.24) is 0 Å². The smallest absolute Gasteiger partial charge is 0.257 e. The predicted octanol–water partition coefficient (Wildman–Crippen LogP) is 5.78. The first-order chi connectivity index (χ1) is 8.47. The third-order valence-electron chi connectivity index (χ3n) is 2.08. The van der Waals surface area contributed by atoms with Gasteiger partial charge in [0.1, 0.15) is 0 Å². The lowest BCUT2D eigenvalue weighted by Crippen LogP contribution is -2.12. The summed E-state index contributed by atoms with van der Waals surface area (Å²) in [4.78, 5) is 12.1. The highest BCUT2D eigenvalue weighted by molar-refractivity contribution is 14.1. The van der Waals surface area contributed by atoms with Crippen molar-refractivity contribution in [3.8, 4) is 0 Å². The molecule has 1 heterocycles. The van der Waals surface area contributed by atoms with E-state index >= 15 is 0 Å². The molecule has 0 aliphatic carbocycles. The molecule has 0 saturated carbocycles. The molecular weight excluding hydrogens is 516 g/mol. The van der Waals surface area contributed by atoms with Gasteiger partial charge in [0.25, 0.3) is 5.91 Å². The van der Waals surface area contributed by atoms with Crippen LogP contribution in [0.15, 0.2) is 31.8 Å². The van der Waals surface area contributed by atoms with Crippen molar-refractivity contribution in [2.75, 3.05) is 5.32 Å². The summed E-state index contributed by atoms with van der Waals surface area (Å²) in [7, 11) is 0. The van der Waals surface area contributed by atoms with Gasteiger partial charge in [-0.25, -0.2) is 0 Å². The molecule has 0 atom stereocenters. The zero-order chi connectivity index (χ0) is 13.3. The minimum Gasteiger partial charge on any atom is -0.321 e. The number of carbonyl (C=O) groups is 1. The van der Waals surface area contributed by atoms with Crippen LogP contribution in [0.5, 0.6) is 0 Å².